The van der Waals surface area contributed by atoms with Crippen LogP contribution in [0, 0.1) is 17.0 Å². The molecule has 1 N–H and O–H groups in total. The third-order valence-corrected chi connectivity index (χ3v) is 6.37. The van der Waals surface area contributed by atoms with E-state index in [2.05, 4.69) is 10.3 Å². The van der Waals surface area contributed by atoms with E-state index in [4.69, 9.17) is 4.74 Å². The number of aromatic nitrogens is 3. The Morgan fingerprint density at radius 1 is 1.11 bits per heavy atom. The molecule has 0 saturated heterocycles. The summed E-state index contributed by atoms with van der Waals surface area (Å²) in [7, 11) is 3.29. The number of hydrogen-bond acceptors (Lipinski definition) is 6. The number of allylic oxidation sites excluding steroid dienone is 1. The fraction of sp³-hybridized carbons (Fsp3) is 0.469. The Morgan fingerprint density at radius 2 is 1.80 bits per heavy atom. The summed E-state index contributed by atoms with van der Waals surface area (Å²) >= 11 is 0. The van der Waals surface area contributed by atoms with Gasteiger partial charge in [0.15, 0.2) is 11.6 Å². The molecule has 2 heterocycles. The van der Waals surface area contributed by atoms with Crippen LogP contribution < -0.4 is 10.9 Å². The number of imidazole rings is 1. The van der Waals surface area contributed by atoms with E-state index in [9.17, 15) is 23.6 Å². The van der Waals surface area contributed by atoms with Gasteiger partial charge in [0.05, 0.1) is 17.6 Å². The van der Waals surface area contributed by atoms with E-state index in [1.807, 2.05) is 20.8 Å². The number of likely N-dealkylation sites (N-methyl/N-ethyl adjacent to an activating group) is 1. The Hall–Kier alpha value is -4.35. The summed E-state index contributed by atoms with van der Waals surface area (Å²) in [5, 5.41) is 2.61. The number of amides is 2. The zero-order chi connectivity index (χ0) is 33.0. The maximum absolute atomic E-state index is 15.1. The number of carbonyl (C=O) groups excluding carboxylic acids is 3. The summed E-state index contributed by atoms with van der Waals surface area (Å²) in [6.07, 6.45) is 4.96. The van der Waals surface area contributed by atoms with Crippen molar-refractivity contribution < 1.29 is 27.9 Å². The second kappa shape index (κ2) is 13.5. The number of hydrogen-bond donors (Lipinski definition) is 1. The van der Waals surface area contributed by atoms with Crippen molar-refractivity contribution in [3.05, 3.63) is 69.9 Å². The number of nitrogens with one attached hydrogen (secondary N) is 1. The quantitative estimate of drug-likeness (QED) is 0.246. The van der Waals surface area contributed by atoms with Gasteiger partial charge in [0.25, 0.3) is 5.56 Å². The van der Waals surface area contributed by atoms with E-state index in [-0.39, 0.29) is 59.3 Å². The van der Waals surface area contributed by atoms with Gasteiger partial charge in [-0.1, -0.05) is 26.8 Å². The van der Waals surface area contributed by atoms with Crippen molar-refractivity contribution in [2.75, 3.05) is 19.4 Å². The molecule has 44 heavy (non-hydrogen) atoms. The Morgan fingerprint density at radius 3 is 2.41 bits per heavy atom. The minimum atomic E-state index is -1.13. The highest BCUT2D eigenvalue weighted by Gasteiger charge is 2.28. The fourth-order valence-electron chi connectivity index (χ4n) is 4.41. The molecule has 0 radical (unpaired) electrons. The van der Waals surface area contributed by atoms with E-state index >= 15 is 4.39 Å². The van der Waals surface area contributed by atoms with Crippen molar-refractivity contribution in [2.45, 2.75) is 79.4 Å². The van der Waals surface area contributed by atoms with Gasteiger partial charge in [-0.05, 0) is 63.7 Å². The molecule has 0 unspecified atom stereocenters. The standard InChI is InChI=1S/C32H41F2N5O5/c1-31(2,3)18-20-27(34)21(33)17-23-28(20)36-24(39(23)30(43)44-32(4,5)6)19-38-16-12-13-22(29(38)42)35-25(40)14-10-9-11-15-26(41)37(7)8/h11-13,15-17H,9-10,14,18-19H2,1-8H3,(H,35,40)/b15-11+. The van der Waals surface area contributed by atoms with Crippen molar-refractivity contribution in [2.24, 2.45) is 5.41 Å². The van der Waals surface area contributed by atoms with Crippen LogP contribution in [0.5, 0.6) is 0 Å². The van der Waals surface area contributed by atoms with Gasteiger partial charge in [-0.15, -0.1) is 0 Å². The predicted molar refractivity (Wildman–Crippen MR) is 165 cm³/mol. The molecule has 0 saturated carbocycles. The molecule has 3 rings (SSSR count). The number of ether oxygens (including phenoxy) is 1. The highest BCUT2D eigenvalue weighted by molar-refractivity contribution is 5.91. The van der Waals surface area contributed by atoms with Crippen LogP contribution >= 0.6 is 0 Å². The number of benzene rings is 1. The molecule has 2 amide bonds. The molecule has 2 aromatic heterocycles. The number of nitrogens with zero attached hydrogens (tertiary/aromatic N) is 4. The number of rotatable bonds is 9. The lowest BCUT2D eigenvalue weighted by Gasteiger charge is -2.21. The predicted octanol–water partition coefficient (Wildman–Crippen LogP) is 5.65. The van der Waals surface area contributed by atoms with Crippen LogP contribution in [0.15, 0.2) is 41.3 Å². The first-order valence-electron chi connectivity index (χ1n) is 14.4. The maximum atomic E-state index is 15.1. The van der Waals surface area contributed by atoms with Crippen molar-refractivity contribution in [3.8, 4) is 0 Å². The zero-order valence-corrected chi connectivity index (χ0v) is 26.6. The monoisotopic (exact) mass is 613 g/mol. The van der Waals surface area contributed by atoms with Crippen LogP contribution in [0.4, 0.5) is 19.3 Å². The lowest BCUT2D eigenvalue weighted by Crippen LogP contribution is -2.30. The minimum absolute atomic E-state index is 0.0151. The smallest absolute Gasteiger partial charge is 0.420 e. The lowest BCUT2D eigenvalue weighted by molar-refractivity contribution is -0.123. The lowest BCUT2D eigenvalue weighted by atomic mass is 9.87. The molecule has 0 spiro atoms. The number of anilines is 1. The molecule has 0 fully saturated rings. The SMILES string of the molecule is CN(C)C(=O)/C=C/CCCC(=O)Nc1cccn(Cc2nc3c(CC(C)(C)C)c(F)c(F)cc3n2C(=O)OC(C)(C)C)c1=O. The van der Waals surface area contributed by atoms with Crippen LogP contribution in [0.3, 0.4) is 0 Å². The first kappa shape index (κ1) is 34.1. The van der Waals surface area contributed by atoms with Gasteiger partial charge < -0.3 is 19.5 Å². The number of fused-ring (bicyclic) bond motifs is 1. The van der Waals surface area contributed by atoms with E-state index in [0.717, 1.165) is 10.6 Å². The van der Waals surface area contributed by atoms with Crippen molar-refractivity contribution in [3.63, 3.8) is 0 Å². The highest BCUT2D eigenvalue weighted by atomic mass is 19.2. The highest BCUT2D eigenvalue weighted by Crippen LogP contribution is 2.31. The Balaban J connectivity index is 1.95. The normalized spacial score (nSPS) is 12.1. The van der Waals surface area contributed by atoms with E-state index in [1.165, 1.54) is 27.8 Å². The number of carbonyl (C=O) groups is 3. The Labute approximate surface area is 255 Å². The van der Waals surface area contributed by atoms with Gasteiger partial charge in [0.2, 0.25) is 11.8 Å². The van der Waals surface area contributed by atoms with Crippen molar-refractivity contribution in [1.29, 1.82) is 0 Å². The van der Waals surface area contributed by atoms with E-state index in [0.29, 0.717) is 12.8 Å². The van der Waals surface area contributed by atoms with Gasteiger partial charge >= 0.3 is 6.09 Å². The van der Waals surface area contributed by atoms with Gasteiger partial charge in [-0.25, -0.2) is 23.1 Å². The molecular weight excluding hydrogens is 572 g/mol. The average molecular weight is 614 g/mol. The van der Waals surface area contributed by atoms with Crippen LogP contribution in [0.1, 0.15) is 72.2 Å². The van der Waals surface area contributed by atoms with Crippen molar-refractivity contribution in [1.82, 2.24) is 19.0 Å². The van der Waals surface area contributed by atoms with E-state index < -0.39 is 34.3 Å². The molecule has 0 aliphatic carbocycles. The minimum Gasteiger partial charge on any atom is -0.443 e. The van der Waals surface area contributed by atoms with Gasteiger partial charge in [-0.2, -0.15) is 0 Å². The topological polar surface area (TPSA) is 116 Å². The van der Waals surface area contributed by atoms with Crippen LogP contribution in [-0.4, -0.2) is 56.6 Å². The van der Waals surface area contributed by atoms with E-state index in [1.54, 1.807) is 47.0 Å². The summed E-state index contributed by atoms with van der Waals surface area (Å²) in [4.78, 5) is 56.8. The van der Waals surface area contributed by atoms with Crippen molar-refractivity contribution >= 4 is 34.6 Å². The first-order valence-corrected chi connectivity index (χ1v) is 14.4. The second-order valence-corrected chi connectivity index (χ2v) is 13.0. The van der Waals surface area contributed by atoms with Gasteiger partial charge in [0.1, 0.15) is 17.1 Å². The molecule has 1 aromatic carbocycles. The van der Waals surface area contributed by atoms with Gasteiger partial charge in [-0.3, -0.25) is 14.4 Å². The van der Waals surface area contributed by atoms with Crippen LogP contribution in [-0.2, 0) is 27.3 Å². The molecule has 0 aliphatic rings. The zero-order valence-electron chi connectivity index (χ0n) is 26.6. The summed E-state index contributed by atoms with van der Waals surface area (Å²) < 4.78 is 37.8. The molecular formula is C32H41F2N5O5. The second-order valence-electron chi connectivity index (χ2n) is 13.0. The van der Waals surface area contributed by atoms with Crippen LogP contribution in [0.2, 0.25) is 0 Å². The number of pyridine rings is 1. The molecule has 12 heteroatoms. The Kier molecular flexibility index (Phi) is 10.5. The summed E-state index contributed by atoms with van der Waals surface area (Å²) in [6, 6.07) is 3.91. The molecule has 3 aromatic rings. The molecule has 0 aliphatic heterocycles. The molecule has 0 bridgehead atoms. The average Bonchev–Trinajstić information content (AvgIpc) is 3.24. The van der Waals surface area contributed by atoms with Crippen LogP contribution in [0.25, 0.3) is 11.0 Å². The number of unbranched alkanes of at least 4 members (excludes halogenated alkanes) is 1. The van der Waals surface area contributed by atoms with Gasteiger partial charge in [0, 0.05) is 38.3 Å². The third kappa shape index (κ3) is 8.84. The first-order chi connectivity index (χ1) is 20.4. The largest absolute Gasteiger partial charge is 0.443 e. The maximum Gasteiger partial charge on any atom is 0.420 e. The fourth-order valence-corrected chi connectivity index (χ4v) is 4.41. The Bertz CT molecular complexity index is 1640. The molecule has 10 nitrogen and oxygen atoms in total. The number of halogens is 2. The molecule has 238 valence electrons. The summed E-state index contributed by atoms with van der Waals surface area (Å²) in [6.45, 7) is 10.4. The summed E-state index contributed by atoms with van der Waals surface area (Å²) in [5.74, 6) is -2.69. The third-order valence-electron chi connectivity index (χ3n) is 6.37. The molecule has 0 atom stereocenters. The summed E-state index contributed by atoms with van der Waals surface area (Å²) in [5.41, 5.74) is -1.75.